The molecule has 0 fully saturated rings. The molecule has 1 aromatic heterocycles. The Bertz CT molecular complexity index is 1000. The molecule has 0 aliphatic rings. The van der Waals surface area contributed by atoms with E-state index in [1.807, 2.05) is 30.3 Å². The van der Waals surface area contributed by atoms with E-state index in [0.717, 1.165) is 16.9 Å². The summed E-state index contributed by atoms with van der Waals surface area (Å²) in [5.74, 6) is -1.68. The van der Waals surface area contributed by atoms with Gasteiger partial charge in [-0.3, -0.25) is 9.69 Å². The molecule has 1 N–H and O–H groups in total. The molecule has 9 nitrogen and oxygen atoms in total. The molecule has 0 saturated carbocycles. The standard InChI is InChI=1S/C23H27N3O6S/c1-4-31-22(28)19-16(2)20(23(29)32-13-12-30-3)33-21(19)25-18(27)15-26(11-10-24)14-17-8-6-5-7-9-17/h5-9H,4,11-15H2,1-3H3,(H,25,27). The third kappa shape index (κ3) is 7.68. The smallest absolute Gasteiger partial charge is 0.348 e. The molecule has 0 spiro atoms. The van der Waals surface area contributed by atoms with Crippen LogP contribution in [-0.2, 0) is 25.5 Å². The molecule has 0 unspecified atom stereocenters. The highest BCUT2D eigenvalue weighted by atomic mass is 32.1. The van der Waals surface area contributed by atoms with Crippen molar-refractivity contribution in [2.45, 2.75) is 20.4 Å². The Morgan fingerprint density at radius 2 is 1.85 bits per heavy atom. The fourth-order valence-corrected chi connectivity index (χ4v) is 4.11. The SMILES string of the molecule is CCOC(=O)c1c(NC(=O)CN(CC#N)Cc2ccccc2)sc(C(=O)OCCOC)c1C. The third-order valence-electron chi connectivity index (χ3n) is 4.50. The molecular weight excluding hydrogens is 446 g/mol. The van der Waals surface area contributed by atoms with Gasteiger partial charge in [-0.2, -0.15) is 5.26 Å². The van der Waals surface area contributed by atoms with Crippen LogP contribution < -0.4 is 5.32 Å². The van der Waals surface area contributed by atoms with Crippen LogP contribution >= 0.6 is 11.3 Å². The molecule has 176 valence electrons. The number of benzene rings is 1. The molecule has 2 aromatic rings. The number of ether oxygens (including phenoxy) is 3. The summed E-state index contributed by atoms with van der Waals surface area (Å²) in [7, 11) is 1.49. The maximum atomic E-state index is 12.8. The predicted octanol–water partition coefficient (Wildman–Crippen LogP) is 3.00. The summed E-state index contributed by atoms with van der Waals surface area (Å²) in [5, 5.41) is 12.0. The van der Waals surface area contributed by atoms with Crippen molar-refractivity contribution in [3.63, 3.8) is 0 Å². The van der Waals surface area contributed by atoms with Gasteiger partial charge in [0.15, 0.2) is 0 Å². The second-order valence-electron chi connectivity index (χ2n) is 6.95. The number of nitrogens with one attached hydrogen (secondary N) is 1. The normalized spacial score (nSPS) is 10.5. The van der Waals surface area contributed by atoms with Gasteiger partial charge in [-0.1, -0.05) is 30.3 Å². The number of methoxy groups -OCH3 is 1. The highest BCUT2D eigenvalue weighted by Crippen LogP contribution is 2.34. The summed E-state index contributed by atoms with van der Waals surface area (Å²) < 4.78 is 15.2. The van der Waals surface area contributed by atoms with Crippen LogP contribution in [0.3, 0.4) is 0 Å². The Kier molecular flexibility index (Phi) is 10.5. The Labute approximate surface area is 196 Å². The Hall–Kier alpha value is -3.26. The summed E-state index contributed by atoms with van der Waals surface area (Å²) in [5.41, 5.74) is 1.44. The van der Waals surface area contributed by atoms with Crippen molar-refractivity contribution >= 4 is 34.2 Å². The lowest BCUT2D eigenvalue weighted by Gasteiger charge is -2.18. The van der Waals surface area contributed by atoms with E-state index in [0.29, 0.717) is 12.1 Å². The molecule has 1 amide bonds. The van der Waals surface area contributed by atoms with E-state index in [9.17, 15) is 14.4 Å². The van der Waals surface area contributed by atoms with Crippen LogP contribution in [0.4, 0.5) is 5.00 Å². The summed E-state index contributed by atoms with van der Waals surface area (Å²) >= 11 is 0.948. The molecular formula is C23H27N3O6S. The second kappa shape index (κ2) is 13.3. The van der Waals surface area contributed by atoms with Crippen LogP contribution in [0.2, 0.25) is 0 Å². The van der Waals surface area contributed by atoms with E-state index >= 15 is 0 Å². The number of nitrogens with zero attached hydrogens (tertiary/aromatic N) is 2. The van der Waals surface area contributed by atoms with E-state index in [2.05, 4.69) is 11.4 Å². The number of esters is 2. The van der Waals surface area contributed by atoms with Gasteiger partial charge in [0, 0.05) is 13.7 Å². The summed E-state index contributed by atoms with van der Waals surface area (Å²) in [6, 6.07) is 11.5. The molecule has 2 rings (SSSR count). The molecule has 0 aliphatic heterocycles. The zero-order chi connectivity index (χ0) is 24.2. The first-order chi connectivity index (χ1) is 15.9. The minimum atomic E-state index is -0.643. The molecule has 0 bridgehead atoms. The van der Waals surface area contributed by atoms with Gasteiger partial charge in [0.1, 0.15) is 16.5 Å². The maximum Gasteiger partial charge on any atom is 0.348 e. The Morgan fingerprint density at radius 1 is 1.12 bits per heavy atom. The van der Waals surface area contributed by atoms with Crippen molar-refractivity contribution in [2.75, 3.05) is 45.3 Å². The van der Waals surface area contributed by atoms with Crippen molar-refractivity contribution in [1.29, 1.82) is 5.26 Å². The number of nitriles is 1. The van der Waals surface area contributed by atoms with Crippen LogP contribution in [0.1, 0.15) is 38.1 Å². The zero-order valence-electron chi connectivity index (χ0n) is 18.9. The first-order valence-corrected chi connectivity index (χ1v) is 11.1. The number of hydrogen-bond donors (Lipinski definition) is 1. The van der Waals surface area contributed by atoms with E-state index in [1.165, 1.54) is 7.11 Å². The average molecular weight is 474 g/mol. The van der Waals surface area contributed by atoms with Crippen LogP contribution in [0, 0.1) is 18.3 Å². The average Bonchev–Trinajstić information content (AvgIpc) is 3.10. The lowest BCUT2D eigenvalue weighted by Crippen LogP contribution is -2.33. The van der Waals surface area contributed by atoms with Crippen LogP contribution in [0.15, 0.2) is 30.3 Å². The molecule has 1 aromatic carbocycles. The number of hydrogen-bond acceptors (Lipinski definition) is 9. The van der Waals surface area contributed by atoms with Crippen molar-refractivity contribution in [3.05, 3.63) is 51.9 Å². The van der Waals surface area contributed by atoms with Crippen LogP contribution in [0.5, 0.6) is 0 Å². The molecule has 10 heteroatoms. The van der Waals surface area contributed by atoms with Crippen molar-refractivity contribution < 1.29 is 28.6 Å². The molecule has 0 saturated heterocycles. The quantitative estimate of drug-likeness (QED) is 0.284. The van der Waals surface area contributed by atoms with E-state index < -0.39 is 17.8 Å². The van der Waals surface area contributed by atoms with Gasteiger partial charge in [0.05, 0.1) is 37.9 Å². The summed E-state index contributed by atoms with van der Waals surface area (Å²) in [6.07, 6.45) is 0. The maximum absolute atomic E-state index is 12.8. The van der Waals surface area contributed by atoms with Crippen LogP contribution in [0.25, 0.3) is 0 Å². The number of carbonyl (C=O) groups is 3. The fourth-order valence-electron chi connectivity index (χ4n) is 3.01. The van der Waals surface area contributed by atoms with Gasteiger partial charge in [0.2, 0.25) is 5.91 Å². The van der Waals surface area contributed by atoms with Crippen LogP contribution in [-0.4, -0.2) is 62.8 Å². The van der Waals surface area contributed by atoms with Crippen molar-refractivity contribution in [1.82, 2.24) is 4.90 Å². The lowest BCUT2D eigenvalue weighted by atomic mass is 10.1. The first-order valence-electron chi connectivity index (χ1n) is 10.3. The topological polar surface area (TPSA) is 118 Å². The van der Waals surface area contributed by atoms with Gasteiger partial charge < -0.3 is 19.5 Å². The molecule has 0 atom stereocenters. The minimum Gasteiger partial charge on any atom is -0.462 e. The minimum absolute atomic E-state index is 0.0492. The van der Waals surface area contributed by atoms with E-state index in [1.54, 1.807) is 18.7 Å². The monoisotopic (exact) mass is 473 g/mol. The van der Waals surface area contributed by atoms with Gasteiger partial charge in [-0.25, -0.2) is 9.59 Å². The van der Waals surface area contributed by atoms with Gasteiger partial charge in [-0.15, -0.1) is 11.3 Å². The molecule has 33 heavy (non-hydrogen) atoms. The van der Waals surface area contributed by atoms with E-state index in [4.69, 9.17) is 19.5 Å². The number of rotatable bonds is 12. The second-order valence-corrected chi connectivity index (χ2v) is 7.97. The molecule has 0 radical (unpaired) electrons. The number of anilines is 1. The van der Waals surface area contributed by atoms with E-state index in [-0.39, 0.29) is 48.4 Å². The summed E-state index contributed by atoms with van der Waals surface area (Å²) in [4.78, 5) is 39.7. The van der Waals surface area contributed by atoms with Gasteiger partial charge in [0.25, 0.3) is 0 Å². The molecule has 0 aliphatic carbocycles. The number of amides is 1. The predicted molar refractivity (Wildman–Crippen MR) is 123 cm³/mol. The third-order valence-corrected chi connectivity index (χ3v) is 5.68. The van der Waals surface area contributed by atoms with Crippen molar-refractivity contribution in [2.24, 2.45) is 0 Å². The Balaban J connectivity index is 2.21. The summed E-state index contributed by atoms with van der Waals surface area (Å²) in [6.45, 7) is 4.09. The highest BCUT2D eigenvalue weighted by Gasteiger charge is 2.27. The lowest BCUT2D eigenvalue weighted by molar-refractivity contribution is -0.117. The highest BCUT2D eigenvalue weighted by molar-refractivity contribution is 7.18. The van der Waals surface area contributed by atoms with Gasteiger partial charge >= 0.3 is 11.9 Å². The largest absolute Gasteiger partial charge is 0.462 e. The fraction of sp³-hybridized carbons (Fsp3) is 0.391. The van der Waals surface area contributed by atoms with Gasteiger partial charge in [-0.05, 0) is 25.0 Å². The first kappa shape index (κ1) is 26.0. The van der Waals surface area contributed by atoms with Crippen molar-refractivity contribution in [3.8, 4) is 6.07 Å². The zero-order valence-corrected chi connectivity index (χ0v) is 19.7. The Morgan fingerprint density at radius 3 is 2.48 bits per heavy atom. The number of thiophene rings is 1. The molecule has 1 heterocycles. The number of carbonyl (C=O) groups excluding carboxylic acids is 3.